The number of ether oxygens (including phenoxy) is 1. The van der Waals surface area contributed by atoms with Gasteiger partial charge in [0.05, 0.1) is 0 Å². The summed E-state index contributed by atoms with van der Waals surface area (Å²) in [6, 6.07) is 15.1. The highest BCUT2D eigenvalue weighted by atomic mass is 16.5. The molecule has 1 unspecified atom stereocenters. The minimum atomic E-state index is -0.949. The van der Waals surface area contributed by atoms with Gasteiger partial charge in [-0.05, 0) is 37.1 Å². The van der Waals surface area contributed by atoms with Crippen LogP contribution < -0.4 is 4.74 Å². The van der Waals surface area contributed by atoms with Crippen LogP contribution in [0.25, 0.3) is 0 Å². The van der Waals surface area contributed by atoms with Gasteiger partial charge in [0.25, 0.3) is 0 Å². The van der Waals surface area contributed by atoms with Crippen LogP contribution in [0.1, 0.15) is 16.7 Å². The van der Waals surface area contributed by atoms with Crippen molar-refractivity contribution >= 4 is 5.97 Å². The fourth-order valence-electron chi connectivity index (χ4n) is 2.06. The molecule has 0 aliphatic carbocycles. The Bertz CT molecular complexity index is 590. The number of aliphatic carboxylic acids is 1. The van der Waals surface area contributed by atoms with Crippen molar-refractivity contribution in [2.45, 2.75) is 26.4 Å². The lowest BCUT2D eigenvalue weighted by atomic mass is 10.00. The second-order valence-corrected chi connectivity index (χ2v) is 4.89. The Morgan fingerprint density at radius 1 is 1.15 bits per heavy atom. The second-order valence-electron chi connectivity index (χ2n) is 4.89. The Kier molecular flexibility index (Phi) is 4.41. The molecule has 3 heteroatoms. The molecular formula is C17H18O3. The van der Waals surface area contributed by atoms with Gasteiger partial charge in [-0.2, -0.15) is 0 Å². The number of aryl methyl sites for hydroxylation is 2. The lowest BCUT2D eigenvalue weighted by Crippen LogP contribution is -2.29. The predicted octanol–water partition coefficient (Wildman–Crippen LogP) is 3.38. The van der Waals surface area contributed by atoms with Crippen LogP contribution in [0.5, 0.6) is 5.75 Å². The van der Waals surface area contributed by atoms with E-state index in [1.54, 1.807) is 12.1 Å². The Labute approximate surface area is 118 Å². The van der Waals surface area contributed by atoms with E-state index in [2.05, 4.69) is 0 Å². The highest BCUT2D eigenvalue weighted by Crippen LogP contribution is 2.17. The topological polar surface area (TPSA) is 46.5 Å². The van der Waals surface area contributed by atoms with E-state index >= 15 is 0 Å². The SMILES string of the molecule is Cc1ccc(C)c(CC(Oc2ccccc2)C(=O)O)c1. The number of hydrogen-bond acceptors (Lipinski definition) is 2. The minimum Gasteiger partial charge on any atom is -0.478 e. The van der Waals surface area contributed by atoms with E-state index in [0.29, 0.717) is 12.2 Å². The lowest BCUT2D eigenvalue weighted by Gasteiger charge is -2.16. The van der Waals surface area contributed by atoms with Crippen LogP contribution in [0.2, 0.25) is 0 Å². The average Bonchev–Trinajstić information content (AvgIpc) is 2.43. The maximum atomic E-state index is 11.4. The maximum Gasteiger partial charge on any atom is 0.345 e. The van der Waals surface area contributed by atoms with E-state index in [9.17, 15) is 9.90 Å². The van der Waals surface area contributed by atoms with Gasteiger partial charge in [0.15, 0.2) is 6.10 Å². The molecule has 2 aromatic carbocycles. The van der Waals surface area contributed by atoms with Crippen LogP contribution in [0, 0.1) is 13.8 Å². The van der Waals surface area contributed by atoms with Gasteiger partial charge in [-0.15, -0.1) is 0 Å². The van der Waals surface area contributed by atoms with Gasteiger partial charge in [0, 0.05) is 6.42 Å². The third-order valence-corrected chi connectivity index (χ3v) is 3.21. The Hall–Kier alpha value is -2.29. The summed E-state index contributed by atoms with van der Waals surface area (Å²) in [6.07, 6.45) is -0.518. The lowest BCUT2D eigenvalue weighted by molar-refractivity contribution is -0.145. The average molecular weight is 270 g/mol. The molecule has 0 radical (unpaired) electrons. The van der Waals surface area contributed by atoms with Crippen LogP contribution >= 0.6 is 0 Å². The molecule has 1 N–H and O–H groups in total. The number of carboxylic acids is 1. The van der Waals surface area contributed by atoms with Crippen LogP contribution in [0.4, 0.5) is 0 Å². The van der Waals surface area contributed by atoms with Gasteiger partial charge in [0.2, 0.25) is 0 Å². The first kappa shape index (κ1) is 14.1. The molecule has 20 heavy (non-hydrogen) atoms. The molecule has 0 fully saturated rings. The van der Waals surface area contributed by atoms with E-state index in [1.807, 2.05) is 50.2 Å². The molecule has 0 aromatic heterocycles. The Morgan fingerprint density at radius 2 is 1.85 bits per heavy atom. The van der Waals surface area contributed by atoms with E-state index in [-0.39, 0.29) is 0 Å². The van der Waals surface area contributed by atoms with Gasteiger partial charge in [-0.3, -0.25) is 0 Å². The van der Waals surface area contributed by atoms with Gasteiger partial charge in [-0.25, -0.2) is 4.79 Å². The maximum absolute atomic E-state index is 11.4. The zero-order valence-corrected chi connectivity index (χ0v) is 11.7. The van der Waals surface area contributed by atoms with Crippen molar-refractivity contribution < 1.29 is 14.6 Å². The third kappa shape index (κ3) is 3.60. The molecule has 0 heterocycles. The van der Waals surface area contributed by atoms with Crippen molar-refractivity contribution in [3.05, 3.63) is 65.2 Å². The Balaban J connectivity index is 2.18. The fourth-order valence-corrected chi connectivity index (χ4v) is 2.06. The van der Waals surface area contributed by atoms with E-state index < -0.39 is 12.1 Å². The summed E-state index contributed by atoms with van der Waals surface area (Å²) in [5, 5.41) is 9.33. The molecule has 104 valence electrons. The quantitative estimate of drug-likeness (QED) is 0.906. The van der Waals surface area contributed by atoms with E-state index in [0.717, 1.165) is 16.7 Å². The molecule has 0 bridgehead atoms. The van der Waals surface area contributed by atoms with Gasteiger partial charge in [-0.1, -0.05) is 42.0 Å². The summed E-state index contributed by atoms with van der Waals surface area (Å²) in [5.74, 6) is -0.375. The Morgan fingerprint density at radius 3 is 2.50 bits per heavy atom. The van der Waals surface area contributed by atoms with Crippen LogP contribution in [-0.2, 0) is 11.2 Å². The third-order valence-electron chi connectivity index (χ3n) is 3.21. The zero-order chi connectivity index (χ0) is 14.5. The minimum absolute atomic E-state index is 0.359. The first-order valence-electron chi connectivity index (χ1n) is 6.57. The van der Waals surface area contributed by atoms with Crippen LogP contribution in [-0.4, -0.2) is 17.2 Å². The fraction of sp³-hybridized carbons (Fsp3) is 0.235. The van der Waals surface area contributed by atoms with Gasteiger partial charge in [0.1, 0.15) is 5.75 Å². The second kappa shape index (κ2) is 6.24. The van der Waals surface area contributed by atoms with Crippen molar-refractivity contribution in [1.29, 1.82) is 0 Å². The summed E-state index contributed by atoms with van der Waals surface area (Å²) in [7, 11) is 0. The van der Waals surface area contributed by atoms with Crippen molar-refractivity contribution in [3.63, 3.8) is 0 Å². The van der Waals surface area contributed by atoms with Crippen molar-refractivity contribution in [1.82, 2.24) is 0 Å². The molecule has 0 spiro atoms. The molecule has 0 saturated heterocycles. The molecule has 2 rings (SSSR count). The first-order chi connectivity index (χ1) is 9.56. The van der Waals surface area contributed by atoms with E-state index in [4.69, 9.17) is 4.74 Å². The number of rotatable bonds is 5. The molecule has 1 atom stereocenters. The number of para-hydroxylation sites is 1. The number of carboxylic acid groups (broad SMARTS) is 1. The number of carbonyl (C=O) groups is 1. The van der Waals surface area contributed by atoms with E-state index in [1.165, 1.54) is 0 Å². The van der Waals surface area contributed by atoms with Crippen molar-refractivity contribution in [3.8, 4) is 5.75 Å². The summed E-state index contributed by atoms with van der Waals surface area (Å²) >= 11 is 0. The molecule has 0 aliphatic heterocycles. The molecule has 0 saturated carbocycles. The van der Waals surface area contributed by atoms with Crippen LogP contribution in [0.15, 0.2) is 48.5 Å². The normalized spacial score (nSPS) is 11.9. The molecule has 2 aromatic rings. The largest absolute Gasteiger partial charge is 0.478 e. The first-order valence-corrected chi connectivity index (χ1v) is 6.57. The van der Waals surface area contributed by atoms with Crippen LogP contribution in [0.3, 0.4) is 0 Å². The molecule has 3 nitrogen and oxygen atoms in total. The van der Waals surface area contributed by atoms with Crippen molar-refractivity contribution in [2.75, 3.05) is 0 Å². The summed E-state index contributed by atoms with van der Waals surface area (Å²) in [6.45, 7) is 3.98. The molecular weight excluding hydrogens is 252 g/mol. The molecule has 0 aliphatic rings. The summed E-state index contributed by atoms with van der Waals surface area (Å²) in [4.78, 5) is 11.4. The number of benzene rings is 2. The van der Waals surface area contributed by atoms with Gasteiger partial charge >= 0.3 is 5.97 Å². The number of hydrogen-bond donors (Lipinski definition) is 1. The summed E-state index contributed by atoms with van der Waals surface area (Å²) < 4.78 is 5.58. The highest BCUT2D eigenvalue weighted by molar-refractivity contribution is 5.73. The zero-order valence-electron chi connectivity index (χ0n) is 11.7. The monoisotopic (exact) mass is 270 g/mol. The van der Waals surface area contributed by atoms with Gasteiger partial charge < -0.3 is 9.84 Å². The highest BCUT2D eigenvalue weighted by Gasteiger charge is 2.20. The standard InChI is InChI=1S/C17H18O3/c1-12-8-9-13(2)14(10-12)11-16(17(18)19)20-15-6-4-3-5-7-15/h3-10,16H,11H2,1-2H3,(H,18,19). The smallest absolute Gasteiger partial charge is 0.345 e. The predicted molar refractivity (Wildman–Crippen MR) is 78.1 cm³/mol. The summed E-state index contributed by atoms with van der Waals surface area (Å²) in [5.41, 5.74) is 3.21. The van der Waals surface area contributed by atoms with Crippen molar-refractivity contribution in [2.24, 2.45) is 0 Å². The molecule has 0 amide bonds.